The number of hydrogen-bond donors (Lipinski definition) is 3. The van der Waals surface area contributed by atoms with Crippen LogP contribution in [0.25, 0.3) is 0 Å². The first-order chi connectivity index (χ1) is 18.3. The van der Waals surface area contributed by atoms with Crippen molar-refractivity contribution in [3.8, 4) is 0 Å². The zero-order chi connectivity index (χ0) is 26.8. The van der Waals surface area contributed by atoms with Crippen molar-refractivity contribution in [2.24, 2.45) is 0 Å². The highest BCUT2D eigenvalue weighted by molar-refractivity contribution is 6.05. The molecule has 10 nitrogen and oxygen atoms in total. The summed E-state index contributed by atoms with van der Waals surface area (Å²) in [4.78, 5) is 57.7. The fraction of sp³-hybridized carbons (Fsp3) is 0.464. The number of aromatic nitrogens is 1. The first-order valence-corrected chi connectivity index (χ1v) is 13.3. The molecule has 3 aliphatic heterocycles. The highest BCUT2D eigenvalue weighted by Crippen LogP contribution is 2.29. The fourth-order valence-electron chi connectivity index (χ4n) is 5.50. The van der Waals surface area contributed by atoms with Gasteiger partial charge in [0.2, 0.25) is 11.8 Å². The van der Waals surface area contributed by atoms with Crippen LogP contribution in [0.5, 0.6) is 0 Å². The third kappa shape index (κ3) is 5.55. The number of nitrogens with one attached hydrogen (secondary N) is 3. The predicted octanol–water partition coefficient (Wildman–Crippen LogP) is 2.06. The molecule has 0 bridgehead atoms. The second kappa shape index (κ2) is 10.9. The average Bonchev–Trinajstić information content (AvgIpc) is 3.20. The minimum atomic E-state index is -0.603. The molecule has 200 valence electrons. The number of benzene rings is 1. The molecule has 1 aromatic carbocycles. The van der Waals surface area contributed by atoms with Gasteiger partial charge in [0.15, 0.2) is 0 Å². The number of nitrogens with zero attached hydrogens (tertiary/aromatic N) is 3. The molecular formula is C28H34N6O4. The quantitative estimate of drug-likeness (QED) is 0.480. The number of hydrogen-bond acceptors (Lipinski definition) is 7. The van der Waals surface area contributed by atoms with E-state index < -0.39 is 11.9 Å². The van der Waals surface area contributed by atoms with Gasteiger partial charge in [-0.2, -0.15) is 0 Å². The highest BCUT2D eigenvalue weighted by Gasteiger charge is 2.39. The molecule has 2 fully saturated rings. The van der Waals surface area contributed by atoms with Gasteiger partial charge in [0.25, 0.3) is 11.8 Å². The van der Waals surface area contributed by atoms with Gasteiger partial charge in [0, 0.05) is 62.6 Å². The summed E-state index contributed by atoms with van der Waals surface area (Å²) in [6.45, 7) is 6.91. The second-order valence-corrected chi connectivity index (χ2v) is 10.6. The smallest absolute Gasteiger partial charge is 0.255 e. The Hall–Kier alpha value is -3.79. The predicted molar refractivity (Wildman–Crippen MR) is 141 cm³/mol. The van der Waals surface area contributed by atoms with Crippen molar-refractivity contribution < 1.29 is 19.2 Å². The Morgan fingerprint density at radius 1 is 1.13 bits per heavy atom. The Labute approximate surface area is 222 Å². The van der Waals surface area contributed by atoms with Crippen molar-refractivity contribution in [1.82, 2.24) is 25.4 Å². The van der Waals surface area contributed by atoms with Gasteiger partial charge in [-0.25, -0.2) is 0 Å². The maximum atomic E-state index is 12.9. The molecule has 5 rings (SSSR count). The molecule has 4 amide bonds. The highest BCUT2D eigenvalue weighted by atomic mass is 16.2. The second-order valence-electron chi connectivity index (χ2n) is 10.6. The van der Waals surface area contributed by atoms with Crippen LogP contribution in [0.1, 0.15) is 71.4 Å². The summed E-state index contributed by atoms with van der Waals surface area (Å²) in [7, 11) is 0. The summed E-state index contributed by atoms with van der Waals surface area (Å²) in [5.41, 5.74) is 4.01. The maximum absolute atomic E-state index is 12.9. The van der Waals surface area contributed by atoms with Gasteiger partial charge >= 0.3 is 0 Å². The van der Waals surface area contributed by atoms with E-state index in [2.05, 4.69) is 31.9 Å². The lowest BCUT2D eigenvalue weighted by Crippen LogP contribution is -2.52. The number of anilines is 1. The Balaban J connectivity index is 1.14. The maximum Gasteiger partial charge on any atom is 0.255 e. The van der Waals surface area contributed by atoms with E-state index >= 15 is 0 Å². The summed E-state index contributed by atoms with van der Waals surface area (Å²) in [5, 5.41) is 8.82. The summed E-state index contributed by atoms with van der Waals surface area (Å²) >= 11 is 0. The summed E-state index contributed by atoms with van der Waals surface area (Å²) in [6, 6.07) is 7.42. The van der Waals surface area contributed by atoms with Crippen LogP contribution < -0.4 is 16.0 Å². The molecule has 38 heavy (non-hydrogen) atoms. The number of fused-ring (bicyclic) bond motifs is 1. The fourth-order valence-corrected chi connectivity index (χ4v) is 5.50. The van der Waals surface area contributed by atoms with E-state index in [1.54, 1.807) is 17.3 Å². The third-order valence-electron chi connectivity index (χ3n) is 7.43. The number of piperidine rings is 2. The molecule has 0 radical (unpaired) electrons. The summed E-state index contributed by atoms with van der Waals surface area (Å²) < 4.78 is 0. The third-order valence-corrected chi connectivity index (χ3v) is 7.43. The number of carbonyl (C=O) groups is 4. The van der Waals surface area contributed by atoms with Crippen molar-refractivity contribution in [3.63, 3.8) is 0 Å². The van der Waals surface area contributed by atoms with E-state index in [1.165, 1.54) is 0 Å². The summed E-state index contributed by atoms with van der Waals surface area (Å²) in [5.74, 6) is -0.943. The van der Waals surface area contributed by atoms with Gasteiger partial charge < -0.3 is 15.5 Å². The molecule has 1 atom stereocenters. The van der Waals surface area contributed by atoms with Crippen molar-refractivity contribution in [2.45, 2.75) is 70.7 Å². The van der Waals surface area contributed by atoms with Crippen LogP contribution in [0.4, 0.5) is 5.69 Å². The van der Waals surface area contributed by atoms with E-state index in [1.807, 2.05) is 32.0 Å². The Bertz CT molecular complexity index is 1250. The topological polar surface area (TPSA) is 124 Å². The lowest BCUT2D eigenvalue weighted by molar-refractivity contribution is -0.136. The number of carbonyl (C=O) groups excluding carboxylic acids is 4. The van der Waals surface area contributed by atoms with Crippen LogP contribution in [0.3, 0.4) is 0 Å². The first-order valence-electron chi connectivity index (χ1n) is 13.3. The number of imide groups is 1. The molecule has 10 heteroatoms. The van der Waals surface area contributed by atoms with Gasteiger partial charge in [-0.1, -0.05) is 12.1 Å². The number of pyridine rings is 1. The lowest BCUT2D eigenvalue weighted by atomic mass is 10.0. The van der Waals surface area contributed by atoms with Crippen molar-refractivity contribution in [3.05, 3.63) is 58.9 Å². The van der Waals surface area contributed by atoms with Crippen LogP contribution in [-0.4, -0.2) is 69.6 Å². The van der Waals surface area contributed by atoms with Gasteiger partial charge in [-0.05, 0) is 56.4 Å². The molecule has 3 aliphatic rings. The van der Waals surface area contributed by atoms with Crippen LogP contribution in [-0.2, 0) is 22.7 Å². The van der Waals surface area contributed by atoms with Crippen LogP contribution in [0, 0.1) is 0 Å². The standard InChI is InChI=1S/C28H34N6O4/c1-17(2)30-23-7-10-29-14-22(23)26(36)31-20-8-11-33(12-9-20)15-18-3-4-21-19(13-18)16-34(28(21)38)24-5-6-25(35)32-27(24)37/h3-4,7,10,13-14,17,20,24H,5-6,8-9,11-12,15-16H2,1-2H3,(H,29,30)(H,31,36)(H,32,35,37). The van der Waals surface area contributed by atoms with E-state index in [9.17, 15) is 19.2 Å². The zero-order valence-electron chi connectivity index (χ0n) is 21.8. The van der Waals surface area contributed by atoms with Crippen molar-refractivity contribution in [1.29, 1.82) is 0 Å². The average molecular weight is 519 g/mol. The minimum Gasteiger partial charge on any atom is -0.382 e. The zero-order valence-corrected chi connectivity index (χ0v) is 21.8. The van der Waals surface area contributed by atoms with Crippen LogP contribution in [0.15, 0.2) is 36.7 Å². The molecule has 1 aromatic heterocycles. The molecule has 4 heterocycles. The van der Waals surface area contributed by atoms with E-state index in [0.717, 1.165) is 49.3 Å². The number of amides is 4. The molecule has 2 saturated heterocycles. The Morgan fingerprint density at radius 2 is 1.92 bits per heavy atom. The molecule has 1 unspecified atom stereocenters. The SMILES string of the molecule is CC(C)Nc1ccncc1C(=O)NC1CCN(Cc2ccc3c(c2)CN(C2CCC(=O)NC2=O)C3=O)CC1. The van der Waals surface area contributed by atoms with Gasteiger partial charge in [-0.15, -0.1) is 0 Å². The minimum absolute atomic E-state index is 0.102. The van der Waals surface area contributed by atoms with Crippen molar-refractivity contribution >= 4 is 29.3 Å². The normalized spacial score (nSPS) is 20.4. The van der Waals surface area contributed by atoms with Gasteiger partial charge in [0.1, 0.15) is 6.04 Å². The summed E-state index contributed by atoms with van der Waals surface area (Å²) in [6.07, 6.45) is 5.60. The monoisotopic (exact) mass is 518 g/mol. The Kier molecular flexibility index (Phi) is 7.42. The molecule has 2 aromatic rings. The molecule has 0 saturated carbocycles. The van der Waals surface area contributed by atoms with E-state index in [-0.39, 0.29) is 36.2 Å². The number of likely N-dealkylation sites (tertiary alicyclic amines) is 1. The van der Waals surface area contributed by atoms with Gasteiger partial charge in [-0.3, -0.25) is 34.4 Å². The largest absolute Gasteiger partial charge is 0.382 e. The molecule has 0 aliphatic carbocycles. The molecular weight excluding hydrogens is 484 g/mol. The van der Waals surface area contributed by atoms with Crippen LogP contribution >= 0.6 is 0 Å². The molecule has 0 spiro atoms. The van der Waals surface area contributed by atoms with Crippen LogP contribution in [0.2, 0.25) is 0 Å². The number of rotatable bonds is 7. The Morgan fingerprint density at radius 3 is 2.66 bits per heavy atom. The first kappa shape index (κ1) is 25.8. The molecule has 3 N–H and O–H groups in total. The van der Waals surface area contributed by atoms with E-state index in [0.29, 0.717) is 24.1 Å². The van der Waals surface area contributed by atoms with Gasteiger partial charge in [0.05, 0.1) is 11.3 Å². The lowest BCUT2D eigenvalue weighted by Gasteiger charge is -2.32. The van der Waals surface area contributed by atoms with E-state index in [4.69, 9.17) is 0 Å². The van der Waals surface area contributed by atoms with Crippen molar-refractivity contribution in [2.75, 3.05) is 18.4 Å².